The summed E-state index contributed by atoms with van der Waals surface area (Å²) in [5.41, 5.74) is 2.14. The third-order valence-corrected chi connectivity index (χ3v) is 5.38. The Morgan fingerprint density at radius 2 is 1.96 bits per heavy atom. The molecule has 0 unspecified atom stereocenters. The minimum atomic E-state index is -0.447. The molecule has 1 aromatic carbocycles. The van der Waals surface area contributed by atoms with Crippen LogP contribution in [0.4, 0.5) is 5.69 Å². The Hall–Kier alpha value is -2.54. The Morgan fingerprint density at radius 1 is 1.15 bits per heavy atom. The fraction of sp³-hybridized carbons (Fsp3) is 0.368. The van der Waals surface area contributed by atoms with E-state index in [4.69, 9.17) is 14.2 Å². The molecule has 7 heteroatoms. The molecule has 1 amide bonds. The lowest BCUT2D eigenvalue weighted by Gasteiger charge is -2.13. The molecule has 1 aliphatic rings. The van der Waals surface area contributed by atoms with Crippen LogP contribution in [0.25, 0.3) is 0 Å². The molecule has 138 valence electrons. The molecule has 0 spiro atoms. The molecule has 3 rings (SSSR count). The summed E-state index contributed by atoms with van der Waals surface area (Å²) in [4.78, 5) is 25.7. The number of rotatable bonds is 6. The molecule has 0 saturated carbocycles. The van der Waals surface area contributed by atoms with Crippen molar-refractivity contribution in [2.45, 2.75) is 25.7 Å². The van der Waals surface area contributed by atoms with Gasteiger partial charge in [-0.2, -0.15) is 0 Å². The number of fused-ring (bicyclic) bond motifs is 1. The number of benzene rings is 1. The molecular formula is C19H21NO5S. The highest BCUT2D eigenvalue weighted by Crippen LogP contribution is 2.31. The quantitative estimate of drug-likeness (QED) is 0.783. The van der Waals surface area contributed by atoms with Crippen molar-refractivity contribution in [1.29, 1.82) is 0 Å². The predicted molar refractivity (Wildman–Crippen MR) is 99.4 cm³/mol. The van der Waals surface area contributed by atoms with Crippen LogP contribution in [-0.2, 0) is 22.4 Å². The number of ether oxygens (including phenoxy) is 3. The highest BCUT2D eigenvalue weighted by atomic mass is 32.1. The second kappa shape index (κ2) is 8.23. The minimum Gasteiger partial charge on any atom is -0.497 e. The molecule has 1 aliphatic carbocycles. The van der Waals surface area contributed by atoms with Gasteiger partial charge in [-0.25, -0.2) is 4.79 Å². The number of aryl methyl sites for hydroxylation is 1. The van der Waals surface area contributed by atoms with Gasteiger partial charge in [0.25, 0.3) is 5.91 Å². The number of amides is 1. The van der Waals surface area contributed by atoms with E-state index in [-0.39, 0.29) is 6.61 Å². The average Bonchev–Trinajstić information content (AvgIpc) is 3.10. The maximum Gasteiger partial charge on any atom is 0.339 e. The van der Waals surface area contributed by atoms with Gasteiger partial charge < -0.3 is 19.5 Å². The standard InChI is InChI=1S/C19H21NO5S/c1-23-12-7-8-16(24-2)15(9-12)20-18(21)10-25-19(22)14-11-26-17-6-4-3-5-13(14)17/h7-9,11H,3-6,10H2,1-2H3,(H,20,21). The molecule has 0 atom stereocenters. The summed E-state index contributed by atoms with van der Waals surface area (Å²) < 4.78 is 15.6. The Bertz CT molecular complexity index is 814. The number of hydrogen-bond acceptors (Lipinski definition) is 6. The van der Waals surface area contributed by atoms with Crippen molar-refractivity contribution in [2.75, 3.05) is 26.1 Å². The van der Waals surface area contributed by atoms with Gasteiger partial charge >= 0.3 is 5.97 Å². The lowest BCUT2D eigenvalue weighted by molar-refractivity contribution is -0.119. The normalized spacial score (nSPS) is 12.8. The largest absolute Gasteiger partial charge is 0.497 e. The third kappa shape index (κ3) is 3.99. The summed E-state index contributed by atoms with van der Waals surface area (Å²) in [6.07, 6.45) is 4.16. The van der Waals surface area contributed by atoms with Crippen LogP contribution < -0.4 is 14.8 Å². The highest BCUT2D eigenvalue weighted by Gasteiger charge is 2.21. The topological polar surface area (TPSA) is 73.9 Å². The zero-order chi connectivity index (χ0) is 18.5. The minimum absolute atomic E-state index is 0.357. The van der Waals surface area contributed by atoms with Crippen molar-refractivity contribution in [1.82, 2.24) is 0 Å². The first-order chi connectivity index (χ1) is 12.6. The molecule has 0 bridgehead atoms. The monoisotopic (exact) mass is 375 g/mol. The van der Waals surface area contributed by atoms with Gasteiger partial charge in [-0.15, -0.1) is 11.3 Å². The van der Waals surface area contributed by atoms with E-state index in [1.807, 2.05) is 5.38 Å². The second-order valence-electron chi connectivity index (χ2n) is 5.95. The first-order valence-electron chi connectivity index (χ1n) is 8.40. The lowest BCUT2D eigenvalue weighted by atomic mass is 9.96. The fourth-order valence-electron chi connectivity index (χ4n) is 2.97. The Morgan fingerprint density at radius 3 is 2.73 bits per heavy atom. The van der Waals surface area contributed by atoms with Crippen LogP contribution in [0.3, 0.4) is 0 Å². The molecule has 2 aromatic rings. The molecule has 1 aromatic heterocycles. The number of nitrogens with one attached hydrogen (secondary N) is 1. The number of carbonyl (C=O) groups is 2. The summed E-state index contributed by atoms with van der Waals surface area (Å²) in [6.45, 7) is -0.357. The van der Waals surface area contributed by atoms with Crippen LogP contribution in [0.1, 0.15) is 33.6 Å². The van der Waals surface area contributed by atoms with E-state index in [9.17, 15) is 9.59 Å². The number of anilines is 1. The molecule has 0 saturated heterocycles. The van der Waals surface area contributed by atoms with Gasteiger partial charge in [0.2, 0.25) is 0 Å². The molecule has 1 N–H and O–H groups in total. The number of thiophene rings is 1. The number of methoxy groups -OCH3 is 2. The summed E-state index contributed by atoms with van der Waals surface area (Å²) in [6, 6.07) is 5.07. The zero-order valence-electron chi connectivity index (χ0n) is 14.8. The summed E-state index contributed by atoms with van der Waals surface area (Å²) >= 11 is 1.59. The zero-order valence-corrected chi connectivity index (χ0v) is 15.6. The average molecular weight is 375 g/mol. The van der Waals surface area contributed by atoms with Crippen LogP contribution in [0.15, 0.2) is 23.6 Å². The van der Waals surface area contributed by atoms with Gasteiger partial charge in [-0.1, -0.05) is 0 Å². The van der Waals surface area contributed by atoms with E-state index in [0.29, 0.717) is 22.7 Å². The van der Waals surface area contributed by atoms with Gasteiger partial charge in [-0.3, -0.25) is 4.79 Å². The molecule has 0 radical (unpaired) electrons. The maximum atomic E-state index is 12.3. The van der Waals surface area contributed by atoms with E-state index in [2.05, 4.69) is 5.32 Å². The Balaban J connectivity index is 1.61. The van der Waals surface area contributed by atoms with E-state index in [1.165, 1.54) is 19.1 Å². The van der Waals surface area contributed by atoms with Crippen molar-refractivity contribution in [3.05, 3.63) is 39.6 Å². The smallest absolute Gasteiger partial charge is 0.339 e. The van der Waals surface area contributed by atoms with E-state index < -0.39 is 11.9 Å². The molecule has 0 fully saturated rings. The van der Waals surface area contributed by atoms with Gasteiger partial charge in [0.15, 0.2) is 6.61 Å². The number of esters is 1. The predicted octanol–water partition coefficient (Wildman–Crippen LogP) is 3.44. The van der Waals surface area contributed by atoms with Crippen LogP contribution in [0.2, 0.25) is 0 Å². The van der Waals surface area contributed by atoms with Crippen molar-refractivity contribution in [3.63, 3.8) is 0 Å². The van der Waals surface area contributed by atoms with E-state index >= 15 is 0 Å². The van der Waals surface area contributed by atoms with E-state index in [0.717, 1.165) is 31.2 Å². The SMILES string of the molecule is COc1ccc(OC)c(NC(=O)COC(=O)c2csc3c2CCCC3)c1. The number of hydrogen-bond donors (Lipinski definition) is 1. The van der Waals surface area contributed by atoms with Crippen LogP contribution in [0.5, 0.6) is 11.5 Å². The second-order valence-corrected chi connectivity index (χ2v) is 6.91. The van der Waals surface area contributed by atoms with Crippen molar-refractivity contribution < 1.29 is 23.8 Å². The van der Waals surface area contributed by atoms with Gasteiger partial charge in [0.05, 0.1) is 25.5 Å². The van der Waals surface area contributed by atoms with E-state index in [1.54, 1.807) is 29.5 Å². The Labute approximate surface area is 156 Å². The van der Waals surface area contributed by atoms with Crippen molar-refractivity contribution >= 4 is 28.9 Å². The van der Waals surface area contributed by atoms with Gasteiger partial charge in [0, 0.05) is 16.3 Å². The lowest BCUT2D eigenvalue weighted by Crippen LogP contribution is -2.21. The molecule has 1 heterocycles. The first kappa shape index (κ1) is 18.3. The van der Waals surface area contributed by atoms with Gasteiger partial charge in [0.1, 0.15) is 11.5 Å². The van der Waals surface area contributed by atoms with Crippen LogP contribution in [-0.4, -0.2) is 32.7 Å². The molecule has 26 heavy (non-hydrogen) atoms. The fourth-order valence-corrected chi connectivity index (χ4v) is 4.09. The first-order valence-corrected chi connectivity index (χ1v) is 9.28. The summed E-state index contributed by atoms with van der Waals surface area (Å²) in [7, 11) is 3.05. The Kier molecular flexibility index (Phi) is 5.78. The third-order valence-electron chi connectivity index (χ3n) is 4.30. The van der Waals surface area contributed by atoms with Gasteiger partial charge in [-0.05, 0) is 43.4 Å². The van der Waals surface area contributed by atoms with Crippen molar-refractivity contribution in [2.24, 2.45) is 0 Å². The molecule has 6 nitrogen and oxygen atoms in total. The molecule has 0 aliphatic heterocycles. The van der Waals surface area contributed by atoms with Crippen LogP contribution >= 0.6 is 11.3 Å². The summed E-state index contributed by atoms with van der Waals surface area (Å²) in [5, 5.41) is 4.52. The number of carbonyl (C=O) groups excluding carboxylic acids is 2. The molecular weight excluding hydrogens is 354 g/mol. The maximum absolute atomic E-state index is 12.3. The van der Waals surface area contributed by atoms with Crippen LogP contribution in [0, 0.1) is 0 Å². The highest BCUT2D eigenvalue weighted by molar-refractivity contribution is 7.10. The van der Waals surface area contributed by atoms with Crippen molar-refractivity contribution in [3.8, 4) is 11.5 Å². The summed E-state index contributed by atoms with van der Waals surface area (Å²) in [5.74, 6) is 0.200.